The maximum Gasteiger partial charge on any atom is 0.193 e. The van der Waals surface area contributed by atoms with Crippen LogP contribution in [0.5, 0.6) is 0 Å². The van der Waals surface area contributed by atoms with Crippen molar-refractivity contribution in [3.05, 3.63) is 0 Å². The van der Waals surface area contributed by atoms with Crippen molar-refractivity contribution in [2.45, 2.75) is 44.6 Å². The van der Waals surface area contributed by atoms with Crippen molar-refractivity contribution in [1.82, 2.24) is 0 Å². The van der Waals surface area contributed by atoms with Crippen LogP contribution in [0.15, 0.2) is 0 Å². The van der Waals surface area contributed by atoms with Crippen molar-refractivity contribution in [1.29, 1.82) is 0 Å². The zero-order valence-corrected chi connectivity index (χ0v) is 10.7. The molecule has 3 N–H and O–H groups in total. The molecule has 0 aliphatic carbocycles. The normalized spacial score (nSPS) is 2.79. The van der Waals surface area contributed by atoms with Crippen molar-refractivity contribution in [3.63, 3.8) is 0 Å². The van der Waals surface area contributed by atoms with Gasteiger partial charge in [0, 0.05) is 0 Å². The molecule has 4 nitrogen and oxygen atoms in total. The standard InChI is InChI=1S/6CH4.H4O2Si.2H4OSi.H4Si/c;;;;;;1-2-3;2*1-2;/h6*1H4;1H,3H3;2*1H,2H3;1H4. The van der Waals surface area contributed by atoms with Crippen molar-refractivity contribution >= 4 is 42.4 Å². The van der Waals surface area contributed by atoms with Gasteiger partial charge in [0.2, 0.25) is 0 Å². The molecule has 0 bridgehead atoms. The Bertz CT molecular complexity index is 21.8. The highest BCUT2D eigenvalue weighted by Crippen LogP contribution is 1.22. The van der Waals surface area contributed by atoms with E-state index in [1.807, 2.05) is 0 Å². The Balaban J connectivity index is -0.00000000174. The van der Waals surface area contributed by atoms with Crippen LogP contribution < -0.4 is 0 Å². The first-order valence-corrected chi connectivity index (χ1v) is 4.09. The number of hydrogen-bond donors (Lipinski definition) is 3. The van der Waals surface area contributed by atoms with Gasteiger partial charge in [0.25, 0.3) is 0 Å². The Morgan fingerprint density at radius 1 is 0.643 bits per heavy atom. The highest BCUT2D eigenvalue weighted by molar-refractivity contribution is 5.97. The highest BCUT2D eigenvalue weighted by Gasteiger charge is 1.27. The third kappa shape index (κ3) is 3480. The summed E-state index contributed by atoms with van der Waals surface area (Å²) in [6.07, 6.45) is 0. The lowest BCUT2D eigenvalue weighted by Crippen LogP contribution is -1.62. The molecule has 0 aliphatic heterocycles. The van der Waals surface area contributed by atoms with Crippen LogP contribution in [0.1, 0.15) is 44.6 Å². The van der Waals surface area contributed by atoms with E-state index < -0.39 is 0 Å². The van der Waals surface area contributed by atoms with Crippen LogP contribution in [0.4, 0.5) is 0 Å². The predicted molar refractivity (Wildman–Crippen MR) is 89.7 cm³/mol. The monoisotopic (exact) mass is 288 g/mol. The fourth-order valence-corrected chi connectivity index (χ4v) is 0. The fourth-order valence-electron chi connectivity index (χ4n) is 0. The lowest BCUT2D eigenvalue weighted by Gasteiger charge is -1.60. The minimum Gasteiger partial charge on any atom is -0.442 e. The fraction of sp³-hybridized carbons (Fsp3) is 1.00. The van der Waals surface area contributed by atoms with Crippen LogP contribution in [0.25, 0.3) is 0 Å². The summed E-state index contributed by atoms with van der Waals surface area (Å²) in [5, 5.41) is 7.13. The van der Waals surface area contributed by atoms with Gasteiger partial charge in [-0.2, -0.15) is 0 Å². The minimum atomic E-state index is 0. The third-order valence-electron chi connectivity index (χ3n) is 0. The van der Waals surface area contributed by atoms with Gasteiger partial charge in [-0.05, 0) is 11.0 Å². The summed E-state index contributed by atoms with van der Waals surface area (Å²) in [6, 6.07) is 0. The Hall–Kier alpha value is 0.708. The molecule has 0 aliphatic rings. The maximum absolute atomic E-state index is 7.14. The van der Waals surface area contributed by atoms with Gasteiger partial charge in [0.05, 0.1) is 0 Å². The van der Waals surface area contributed by atoms with E-state index in [2.05, 4.69) is 4.58 Å². The van der Waals surface area contributed by atoms with E-state index in [9.17, 15) is 0 Å². The molecular formula is C6H40O4Si4. The first kappa shape index (κ1) is 125. The number of hydrogen-bond acceptors (Lipinski definition) is 4. The second-order valence-electron chi connectivity index (χ2n) is 0.183. The Labute approximate surface area is 107 Å². The molecule has 0 atom stereocenters. The minimum absolute atomic E-state index is 0. The van der Waals surface area contributed by atoms with Gasteiger partial charge < -0.3 is 14.2 Å². The second-order valence-corrected chi connectivity index (χ2v) is 0.548. The maximum atomic E-state index is 7.14. The molecular weight excluding hydrogens is 248 g/mol. The lowest BCUT2D eigenvalue weighted by molar-refractivity contribution is -0.131. The molecule has 0 aromatic carbocycles. The van der Waals surface area contributed by atoms with E-state index in [0.717, 1.165) is 0 Å². The van der Waals surface area contributed by atoms with Crippen LogP contribution in [0.2, 0.25) is 0 Å². The Morgan fingerprint density at radius 2 is 0.643 bits per heavy atom. The summed E-state index contributed by atoms with van der Waals surface area (Å²) in [4.78, 5) is 14.3. The van der Waals surface area contributed by atoms with Crippen molar-refractivity contribution in [2.75, 3.05) is 0 Å². The molecule has 14 heavy (non-hydrogen) atoms. The Kier molecular flexibility index (Phi) is 6760. The van der Waals surface area contributed by atoms with Gasteiger partial charge in [-0.1, -0.05) is 44.6 Å². The number of rotatable bonds is 0. The summed E-state index contributed by atoms with van der Waals surface area (Å²) in [7, 11) is 1.04. The molecule has 0 saturated heterocycles. The summed E-state index contributed by atoms with van der Waals surface area (Å²) in [5.41, 5.74) is 0. The average Bonchev–Trinajstić information content (AvgIpc) is 1.78. The van der Waals surface area contributed by atoms with Gasteiger partial charge in [0.1, 0.15) is 21.0 Å². The topological polar surface area (TPSA) is 69.9 Å². The molecule has 0 saturated carbocycles. The van der Waals surface area contributed by atoms with Crippen molar-refractivity contribution in [2.24, 2.45) is 0 Å². The van der Waals surface area contributed by atoms with Crippen LogP contribution in [0, 0.1) is 0 Å². The molecule has 0 radical (unpaired) electrons. The molecule has 0 spiro atoms. The summed E-state index contributed by atoms with van der Waals surface area (Å²) in [5.74, 6) is 0. The van der Waals surface area contributed by atoms with E-state index in [1.165, 1.54) is 0 Å². The zero-order chi connectivity index (χ0) is 6.71. The van der Waals surface area contributed by atoms with E-state index in [4.69, 9.17) is 14.8 Å². The SMILES string of the molecule is C.C.C.C.C.C.OO[SiH3].O[SiH3].O[SiH3].[SiH4]. The average molecular weight is 289 g/mol. The quantitative estimate of drug-likeness (QED) is 0.265. The van der Waals surface area contributed by atoms with Crippen LogP contribution in [-0.2, 0) is 4.58 Å². The van der Waals surface area contributed by atoms with Crippen molar-refractivity contribution < 1.29 is 19.4 Å². The molecule has 0 aromatic rings. The summed E-state index contributed by atoms with van der Waals surface area (Å²) in [6.45, 7) is 0. The summed E-state index contributed by atoms with van der Waals surface area (Å²) < 4.78 is 3.39. The molecule has 0 rings (SSSR count). The van der Waals surface area contributed by atoms with Crippen molar-refractivity contribution in [3.8, 4) is 0 Å². The van der Waals surface area contributed by atoms with Crippen LogP contribution >= 0.6 is 0 Å². The largest absolute Gasteiger partial charge is 0.442 e. The molecule has 8 heteroatoms. The van der Waals surface area contributed by atoms with Gasteiger partial charge in [-0.15, -0.1) is 0 Å². The summed E-state index contributed by atoms with van der Waals surface area (Å²) >= 11 is 0. The van der Waals surface area contributed by atoms with Crippen LogP contribution in [-0.4, -0.2) is 57.3 Å². The predicted octanol–water partition coefficient (Wildman–Crippen LogP) is -2.36. The second kappa shape index (κ2) is 759. The van der Waals surface area contributed by atoms with Gasteiger partial charge >= 0.3 is 0 Å². The van der Waals surface area contributed by atoms with Gasteiger partial charge in [0.15, 0.2) is 10.5 Å². The molecule has 0 fully saturated rings. The van der Waals surface area contributed by atoms with Gasteiger partial charge in [-0.25, -0.2) is 0 Å². The molecule has 0 amide bonds. The zero-order valence-electron chi connectivity index (χ0n) is 4.75. The van der Waals surface area contributed by atoms with Gasteiger partial charge in [-0.3, -0.25) is 5.26 Å². The third-order valence-corrected chi connectivity index (χ3v) is 0. The lowest BCUT2D eigenvalue weighted by atomic mass is 12.0. The molecule has 0 heterocycles. The van der Waals surface area contributed by atoms with E-state index in [-0.39, 0.29) is 55.5 Å². The van der Waals surface area contributed by atoms with Crippen LogP contribution in [0.3, 0.4) is 0 Å². The first-order chi connectivity index (χ1) is 3.41. The highest BCUT2D eigenvalue weighted by atomic mass is 28.2. The van der Waals surface area contributed by atoms with E-state index in [0.29, 0.717) is 31.5 Å². The molecule has 0 aromatic heterocycles. The first-order valence-electron chi connectivity index (χ1n) is 1.49. The van der Waals surface area contributed by atoms with E-state index >= 15 is 0 Å². The Morgan fingerprint density at radius 3 is 0.643 bits per heavy atom. The molecule has 104 valence electrons. The smallest absolute Gasteiger partial charge is 0.193 e. The molecule has 0 unspecified atom stereocenters. The van der Waals surface area contributed by atoms with E-state index in [1.54, 1.807) is 0 Å².